The Kier molecular flexibility index (Phi) is 3.54. The second kappa shape index (κ2) is 5.72. The lowest BCUT2D eigenvalue weighted by Crippen LogP contribution is -2.32. The maximum atomic E-state index is 13.5. The number of likely N-dealkylation sites (tertiary alicyclic amines) is 1. The Morgan fingerprint density at radius 2 is 2.08 bits per heavy atom. The highest BCUT2D eigenvalue weighted by molar-refractivity contribution is 6.04. The Morgan fingerprint density at radius 3 is 2.92 bits per heavy atom. The van der Waals surface area contributed by atoms with Crippen LogP contribution >= 0.6 is 0 Å². The third-order valence-electron chi connectivity index (χ3n) is 4.45. The smallest absolute Gasteiger partial charge is 0.275 e. The number of nitrogens with one attached hydrogen (secondary N) is 1. The Labute approximate surface area is 137 Å². The average Bonchev–Trinajstić information content (AvgIpc) is 3.18. The molecule has 0 unspecified atom stereocenters. The number of para-hydroxylation sites is 1. The number of aromatic amines is 1. The minimum absolute atomic E-state index is 0.210. The first kappa shape index (κ1) is 14.8. The number of benzene rings is 2. The zero-order valence-electron chi connectivity index (χ0n) is 12.8. The summed E-state index contributed by atoms with van der Waals surface area (Å²) in [6.07, 6.45) is -0.246. The third kappa shape index (κ3) is 2.45. The Morgan fingerprint density at radius 1 is 1.25 bits per heavy atom. The van der Waals surface area contributed by atoms with E-state index in [1.54, 1.807) is 17.0 Å². The highest BCUT2D eigenvalue weighted by atomic mass is 19.1. The molecule has 1 saturated heterocycles. The topological polar surface area (TPSA) is 69.2 Å². The third-order valence-corrected chi connectivity index (χ3v) is 4.45. The number of hydrogen-bond donors (Lipinski definition) is 2. The number of aromatic nitrogens is 2. The fourth-order valence-corrected chi connectivity index (χ4v) is 3.33. The van der Waals surface area contributed by atoms with Gasteiger partial charge in [0.2, 0.25) is 0 Å². The number of fused-ring (bicyclic) bond motifs is 1. The molecule has 2 aromatic carbocycles. The number of carbonyl (C=O) groups is 1. The summed E-state index contributed by atoms with van der Waals surface area (Å²) in [6, 6.07) is 13.2. The first-order valence-corrected chi connectivity index (χ1v) is 7.81. The zero-order chi connectivity index (χ0) is 16.7. The van der Waals surface area contributed by atoms with Gasteiger partial charge in [-0.2, -0.15) is 5.10 Å². The quantitative estimate of drug-likeness (QED) is 0.761. The molecule has 6 heteroatoms. The molecular formula is C18H16FN3O2. The SMILES string of the molecule is O=C(c1n[nH]c2ccccc12)N1C[C@@H](O)C[C@@H]1c1cccc(F)c1. The average molecular weight is 325 g/mol. The summed E-state index contributed by atoms with van der Waals surface area (Å²) in [5.74, 6) is -0.621. The van der Waals surface area contributed by atoms with Gasteiger partial charge in [-0.1, -0.05) is 30.3 Å². The summed E-state index contributed by atoms with van der Waals surface area (Å²) >= 11 is 0. The van der Waals surface area contributed by atoms with Crippen LogP contribution in [0.4, 0.5) is 4.39 Å². The molecule has 5 nitrogen and oxygen atoms in total. The number of β-amino-alcohol motifs (C(OH)–C–C–N with tert-alkyl or cyclic N) is 1. The Bertz CT molecular complexity index is 908. The van der Waals surface area contributed by atoms with E-state index < -0.39 is 6.10 Å². The molecule has 2 atom stereocenters. The van der Waals surface area contributed by atoms with Crippen LogP contribution in [0.5, 0.6) is 0 Å². The van der Waals surface area contributed by atoms with Crippen LogP contribution in [0.1, 0.15) is 28.5 Å². The van der Waals surface area contributed by atoms with E-state index in [-0.39, 0.29) is 24.3 Å². The molecule has 0 radical (unpaired) electrons. The molecule has 2 heterocycles. The van der Waals surface area contributed by atoms with Gasteiger partial charge in [0.1, 0.15) is 5.82 Å². The minimum atomic E-state index is -0.632. The number of aliphatic hydroxyl groups is 1. The van der Waals surface area contributed by atoms with Gasteiger partial charge in [0.05, 0.1) is 17.7 Å². The van der Waals surface area contributed by atoms with Crippen LogP contribution in [0.25, 0.3) is 10.9 Å². The van der Waals surface area contributed by atoms with Gasteiger partial charge >= 0.3 is 0 Å². The zero-order valence-corrected chi connectivity index (χ0v) is 12.8. The predicted molar refractivity (Wildman–Crippen MR) is 86.9 cm³/mol. The van der Waals surface area contributed by atoms with Crippen LogP contribution in [0.3, 0.4) is 0 Å². The van der Waals surface area contributed by atoms with Gasteiger partial charge in [0.25, 0.3) is 5.91 Å². The number of rotatable bonds is 2. The molecule has 1 aliphatic heterocycles. The van der Waals surface area contributed by atoms with Crippen molar-refractivity contribution in [1.29, 1.82) is 0 Å². The van der Waals surface area contributed by atoms with Crippen LogP contribution in [0.15, 0.2) is 48.5 Å². The highest BCUT2D eigenvalue weighted by Crippen LogP contribution is 2.34. The second-order valence-electron chi connectivity index (χ2n) is 6.04. The van der Waals surface area contributed by atoms with E-state index in [1.165, 1.54) is 12.1 Å². The van der Waals surface area contributed by atoms with Gasteiger partial charge < -0.3 is 10.0 Å². The van der Waals surface area contributed by atoms with Crippen molar-refractivity contribution in [2.24, 2.45) is 0 Å². The van der Waals surface area contributed by atoms with Gasteiger partial charge in [-0.15, -0.1) is 0 Å². The van der Waals surface area contributed by atoms with Crippen molar-refractivity contribution in [1.82, 2.24) is 15.1 Å². The fraction of sp³-hybridized carbons (Fsp3) is 0.222. The number of nitrogens with zero attached hydrogens (tertiary/aromatic N) is 2. The molecule has 1 aliphatic rings. The number of carbonyl (C=O) groups excluding carboxylic acids is 1. The Hall–Kier alpha value is -2.73. The van der Waals surface area contributed by atoms with Crippen molar-refractivity contribution in [3.63, 3.8) is 0 Å². The van der Waals surface area contributed by atoms with Crippen molar-refractivity contribution in [2.75, 3.05) is 6.54 Å². The largest absolute Gasteiger partial charge is 0.391 e. The van der Waals surface area contributed by atoms with E-state index >= 15 is 0 Å². The monoisotopic (exact) mass is 325 g/mol. The maximum absolute atomic E-state index is 13.5. The molecule has 0 aliphatic carbocycles. The molecule has 1 aromatic heterocycles. The molecule has 4 rings (SSSR count). The lowest BCUT2D eigenvalue weighted by Gasteiger charge is -2.24. The van der Waals surface area contributed by atoms with E-state index in [2.05, 4.69) is 10.2 Å². The van der Waals surface area contributed by atoms with Gasteiger partial charge in [-0.3, -0.25) is 9.89 Å². The summed E-state index contributed by atoms with van der Waals surface area (Å²) in [6.45, 7) is 0.210. The van der Waals surface area contributed by atoms with Crippen LogP contribution in [-0.2, 0) is 0 Å². The highest BCUT2D eigenvalue weighted by Gasteiger charge is 2.37. The first-order chi connectivity index (χ1) is 11.6. The van der Waals surface area contributed by atoms with Crippen molar-refractivity contribution in [2.45, 2.75) is 18.6 Å². The standard InChI is InChI=1S/C18H16FN3O2/c19-12-5-3-4-11(8-12)16-9-13(23)10-22(16)18(24)17-14-6-1-2-7-15(14)20-21-17/h1-8,13,16,23H,9-10H2,(H,20,21)/t13-,16+/m0/s1. The minimum Gasteiger partial charge on any atom is -0.391 e. The van der Waals surface area contributed by atoms with Crippen LogP contribution in [-0.4, -0.2) is 38.8 Å². The van der Waals surface area contributed by atoms with Gasteiger partial charge in [0, 0.05) is 11.9 Å². The van der Waals surface area contributed by atoms with Gasteiger partial charge in [-0.25, -0.2) is 4.39 Å². The number of halogens is 1. The second-order valence-corrected chi connectivity index (χ2v) is 6.04. The Balaban J connectivity index is 1.72. The van der Waals surface area contributed by atoms with Crippen LogP contribution < -0.4 is 0 Å². The summed E-state index contributed by atoms with van der Waals surface area (Å²) in [5.41, 5.74) is 1.78. The fourth-order valence-electron chi connectivity index (χ4n) is 3.33. The lowest BCUT2D eigenvalue weighted by atomic mass is 10.0. The van der Waals surface area contributed by atoms with Crippen LogP contribution in [0.2, 0.25) is 0 Å². The molecule has 2 N–H and O–H groups in total. The number of hydrogen-bond acceptors (Lipinski definition) is 3. The van der Waals surface area contributed by atoms with E-state index in [1.807, 2.05) is 24.3 Å². The van der Waals surface area contributed by atoms with Crippen molar-refractivity contribution in [3.8, 4) is 0 Å². The molecule has 3 aromatic rings. The number of amides is 1. The van der Waals surface area contributed by atoms with Crippen LogP contribution in [0, 0.1) is 5.82 Å². The number of aliphatic hydroxyl groups excluding tert-OH is 1. The first-order valence-electron chi connectivity index (χ1n) is 7.81. The summed E-state index contributed by atoms with van der Waals surface area (Å²) in [4.78, 5) is 14.5. The van der Waals surface area contributed by atoms with Gasteiger partial charge in [-0.05, 0) is 30.2 Å². The van der Waals surface area contributed by atoms with E-state index in [9.17, 15) is 14.3 Å². The molecule has 0 spiro atoms. The number of H-pyrrole nitrogens is 1. The van der Waals surface area contributed by atoms with Crippen molar-refractivity contribution < 1.29 is 14.3 Å². The maximum Gasteiger partial charge on any atom is 0.275 e. The summed E-state index contributed by atoms with van der Waals surface area (Å²) in [7, 11) is 0. The molecule has 24 heavy (non-hydrogen) atoms. The van der Waals surface area contributed by atoms with E-state index in [0.717, 1.165) is 10.9 Å². The lowest BCUT2D eigenvalue weighted by molar-refractivity contribution is 0.0711. The molecule has 0 bridgehead atoms. The van der Waals surface area contributed by atoms with Crippen molar-refractivity contribution in [3.05, 3.63) is 65.6 Å². The normalized spacial score (nSPS) is 20.7. The molecule has 1 fully saturated rings. The molecule has 0 saturated carbocycles. The van der Waals surface area contributed by atoms with Gasteiger partial charge in [0.15, 0.2) is 5.69 Å². The molecular weight excluding hydrogens is 309 g/mol. The van der Waals surface area contributed by atoms with Crippen molar-refractivity contribution >= 4 is 16.8 Å². The van der Waals surface area contributed by atoms with E-state index in [0.29, 0.717) is 17.7 Å². The van der Waals surface area contributed by atoms with E-state index in [4.69, 9.17) is 0 Å². The summed E-state index contributed by atoms with van der Waals surface area (Å²) in [5, 5.41) is 17.8. The molecule has 1 amide bonds. The molecule has 122 valence electrons. The summed E-state index contributed by atoms with van der Waals surface area (Å²) < 4.78 is 13.5. The predicted octanol–water partition coefficient (Wildman–Crippen LogP) is 2.65.